The smallest absolute Gasteiger partial charge is 0.244 e. The van der Waals surface area contributed by atoms with Gasteiger partial charge >= 0.3 is 0 Å². The normalized spacial score (nSPS) is 15.7. The van der Waals surface area contributed by atoms with Crippen LogP contribution < -0.4 is 4.90 Å². The molecule has 1 heterocycles. The number of nitriles is 1. The van der Waals surface area contributed by atoms with Crippen LogP contribution in [0.25, 0.3) is 0 Å². The van der Waals surface area contributed by atoms with Crippen LogP contribution in [0.4, 0.5) is 10.1 Å². The van der Waals surface area contributed by atoms with Gasteiger partial charge in [-0.1, -0.05) is 12.1 Å². The Labute approximate surface area is 153 Å². The van der Waals surface area contributed by atoms with Crippen molar-refractivity contribution in [1.82, 2.24) is 4.31 Å². The van der Waals surface area contributed by atoms with Gasteiger partial charge in [0.05, 0.1) is 5.56 Å². The first-order valence-electron chi connectivity index (χ1n) is 8.35. The topological polar surface area (TPSA) is 64.4 Å². The van der Waals surface area contributed by atoms with Gasteiger partial charge in [-0.25, -0.2) is 12.8 Å². The van der Waals surface area contributed by atoms with E-state index in [1.54, 1.807) is 6.07 Å². The summed E-state index contributed by atoms with van der Waals surface area (Å²) in [6, 6.07) is 11.2. The van der Waals surface area contributed by atoms with E-state index >= 15 is 0 Å². The van der Waals surface area contributed by atoms with E-state index in [2.05, 4.69) is 23.1 Å². The third-order valence-electron chi connectivity index (χ3n) is 4.62. The van der Waals surface area contributed by atoms with E-state index in [-0.39, 0.29) is 10.5 Å². The zero-order valence-corrected chi connectivity index (χ0v) is 15.6. The van der Waals surface area contributed by atoms with Gasteiger partial charge in [0.15, 0.2) is 0 Å². The van der Waals surface area contributed by atoms with Gasteiger partial charge < -0.3 is 4.90 Å². The maximum absolute atomic E-state index is 13.3. The Morgan fingerprint density at radius 1 is 1.04 bits per heavy atom. The Bertz CT molecular complexity index is 975. The fourth-order valence-corrected chi connectivity index (χ4v) is 4.73. The van der Waals surface area contributed by atoms with E-state index in [0.717, 1.165) is 28.9 Å². The van der Waals surface area contributed by atoms with Gasteiger partial charge in [-0.15, -0.1) is 0 Å². The number of halogens is 1. The average molecular weight is 373 g/mol. The fraction of sp³-hybridized carbons (Fsp3) is 0.316. The Morgan fingerprint density at radius 3 is 2.38 bits per heavy atom. The number of hydrogen-bond acceptors (Lipinski definition) is 4. The maximum Gasteiger partial charge on any atom is 0.244 e. The van der Waals surface area contributed by atoms with Gasteiger partial charge in [0.2, 0.25) is 10.0 Å². The number of sulfonamides is 1. The van der Waals surface area contributed by atoms with Crippen molar-refractivity contribution in [1.29, 1.82) is 5.26 Å². The molecule has 0 amide bonds. The average Bonchev–Trinajstić information content (AvgIpc) is 2.63. The summed E-state index contributed by atoms with van der Waals surface area (Å²) in [6.45, 7) is 5.83. The van der Waals surface area contributed by atoms with Gasteiger partial charge in [0.1, 0.15) is 16.8 Å². The number of benzene rings is 2. The van der Waals surface area contributed by atoms with Crippen LogP contribution >= 0.6 is 0 Å². The number of hydrogen-bond donors (Lipinski definition) is 0. The number of rotatable bonds is 3. The summed E-state index contributed by atoms with van der Waals surface area (Å²) in [5.74, 6) is -0.625. The highest BCUT2D eigenvalue weighted by atomic mass is 32.2. The summed E-state index contributed by atoms with van der Waals surface area (Å²) in [7, 11) is -3.83. The molecule has 0 N–H and O–H groups in total. The fourth-order valence-electron chi connectivity index (χ4n) is 3.18. The first kappa shape index (κ1) is 18.4. The lowest BCUT2D eigenvalue weighted by Crippen LogP contribution is -2.49. The summed E-state index contributed by atoms with van der Waals surface area (Å²) >= 11 is 0. The minimum Gasteiger partial charge on any atom is -0.369 e. The Kier molecular flexibility index (Phi) is 4.99. The molecule has 3 rings (SSSR count). The van der Waals surface area contributed by atoms with E-state index < -0.39 is 15.8 Å². The lowest BCUT2D eigenvalue weighted by molar-refractivity contribution is 0.384. The van der Waals surface area contributed by atoms with E-state index in [1.807, 2.05) is 13.8 Å². The molecule has 0 unspecified atom stereocenters. The molecule has 2 aromatic carbocycles. The maximum atomic E-state index is 13.3. The second-order valence-electron chi connectivity index (χ2n) is 6.43. The van der Waals surface area contributed by atoms with Gasteiger partial charge in [-0.3, -0.25) is 0 Å². The molecule has 0 saturated carbocycles. The predicted molar refractivity (Wildman–Crippen MR) is 98.0 cm³/mol. The molecule has 0 spiro atoms. The molecule has 1 aliphatic rings. The highest BCUT2D eigenvalue weighted by Crippen LogP contribution is 2.26. The first-order valence-corrected chi connectivity index (χ1v) is 9.79. The number of anilines is 1. The van der Waals surface area contributed by atoms with Crippen molar-refractivity contribution in [2.45, 2.75) is 18.7 Å². The summed E-state index contributed by atoms with van der Waals surface area (Å²) in [6.07, 6.45) is 0. The molecule has 0 radical (unpaired) electrons. The van der Waals surface area contributed by atoms with Crippen LogP contribution in [-0.2, 0) is 10.0 Å². The first-order chi connectivity index (χ1) is 12.3. The molecule has 0 aliphatic carbocycles. The SMILES string of the molecule is Cc1ccc(C)c(N2CCN(S(=O)(=O)c3ccc(F)cc3C#N)CC2)c1. The van der Waals surface area contributed by atoms with Crippen molar-refractivity contribution in [3.63, 3.8) is 0 Å². The quantitative estimate of drug-likeness (QED) is 0.830. The highest BCUT2D eigenvalue weighted by Gasteiger charge is 2.31. The largest absolute Gasteiger partial charge is 0.369 e. The van der Waals surface area contributed by atoms with Crippen molar-refractivity contribution < 1.29 is 12.8 Å². The van der Waals surface area contributed by atoms with E-state index in [0.29, 0.717) is 26.2 Å². The third kappa shape index (κ3) is 3.43. The van der Waals surface area contributed by atoms with Gasteiger partial charge in [0, 0.05) is 31.9 Å². The minimum absolute atomic E-state index is 0.137. The molecule has 0 atom stereocenters. The molecule has 1 fully saturated rings. The van der Waals surface area contributed by atoms with Crippen molar-refractivity contribution in [2.24, 2.45) is 0 Å². The standard InChI is InChI=1S/C19H20FN3O2S/c1-14-3-4-15(2)18(11-14)22-7-9-23(10-8-22)26(24,25)19-6-5-17(20)12-16(19)13-21/h3-6,11-12H,7-10H2,1-2H3. The van der Waals surface area contributed by atoms with Gasteiger partial charge in [-0.2, -0.15) is 9.57 Å². The van der Waals surface area contributed by atoms with Crippen LogP contribution in [0.15, 0.2) is 41.3 Å². The second kappa shape index (κ2) is 7.06. The molecule has 1 aliphatic heterocycles. The van der Waals surface area contributed by atoms with Crippen LogP contribution in [-0.4, -0.2) is 38.9 Å². The zero-order valence-electron chi connectivity index (χ0n) is 14.7. The molecule has 7 heteroatoms. The molecule has 0 bridgehead atoms. The molecule has 136 valence electrons. The summed E-state index contributed by atoms with van der Waals surface area (Å²) < 4.78 is 40.4. The number of piperazine rings is 1. The molecule has 5 nitrogen and oxygen atoms in total. The van der Waals surface area contributed by atoms with Crippen molar-refractivity contribution >= 4 is 15.7 Å². The van der Waals surface area contributed by atoms with Crippen molar-refractivity contribution in [3.05, 3.63) is 58.9 Å². The van der Waals surface area contributed by atoms with Crippen LogP contribution in [0.1, 0.15) is 16.7 Å². The lowest BCUT2D eigenvalue weighted by Gasteiger charge is -2.36. The summed E-state index contributed by atoms with van der Waals surface area (Å²) in [5, 5.41) is 9.14. The van der Waals surface area contributed by atoms with Crippen LogP contribution in [0, 0.1) is 31.0 Å². The predicted octanol–water partition coefficient (Wildman–Crippen LogP) is 2.83. The van der Waals surface area contributed by atoms with E-state index in [1.165, 1.54) is 10.4 Å². The van der Waals surface area contributed by atoms with Crippen LogP contribution in [0.5, 0.6) is 0 Å². The molecule has 26 heavy (non-hydrogen) atoms. The van der Waals surface area contributed by atoms with Crippen LogP contribution in [0.2, 0.25) is 0 Å². The molecule has 1 saturated heterocycles. The minimum atomic E-state index is -3.83. The van der Waals surface area contributed by atoms with E-state index in [9.17, 15) is 12.8 Å². The Balaban J connectivity index is 1.81. The Hall–Kier alpha value is -2.43. The van der Waals surface area contributed by atoms with Crippen LogP contribution in [0.3, 0.4) is 0 Å². The molecule has 2 aromatic rings. The Morgan fingerprint density at radius 2 is 1.73 bits per heavy atom. The second-order valence-corrected chi connectivity index (χ2v) is 8.34. The van der Waals surface area contributed by atoms with Gasteiger partial charge in [0.25, 0.3) is 0 Å². The molecule has 0 aromatic heterocycles. The van der Waals surface area contributed by atoms with Gasteiger partial charge in [-0.05, 0) is 49.2 Å². The van der Waals surface area contributed by atoms with Crippen molar-refractivity contribution in [3.8, 4) is 6.07 Å². The molecular weight excluding hydrogens is 353 g/mol. The lowest BCUT2D eigenvalue weighted by atomic mass is 10.1. The molecular formula is C19H20FN3O2S. The van der Waals surface area contributed by atoms with E-state index in [4.69, 9.17) is 5.26 Å². The summed E-state index contributed by atoms with van der Waals surface area (Å²) in [4.78, 5) is 2.03. The third-order valence-corrected chi connectivity index (χ3v) is 6.58. The highest BCUT2D eigenvalue weighted by molar-refractivity contribution is 7.89. The zero-order chi connectivity index (χ0) is 18.9. The monoisotopic (exact) mass is 373 g/mol. The number of nitrogens with zero attached hydrogens (tertiary/aromatic N) is 3. The number of aryl methyl sites for hydroxylation is 2. The van der Waals surface area contributed by atoms with Crippen molar-refractivity contribution in [2.75, 3.05) is 31.1 Å². The summed E-state index contributed by atoms with van der Waals surface area (Å²) in [5.41, 5.74) is 3.26.